The first-order chi connectivity index (χ1) is 14.1. The molecule has 1 aliphatic rings. The second-order valence-corrected chi connectivity index (χ2v) is 7.62. The van der Waals surface area contributed by atoms with Crippen molar-refractivity contribution in [2.45, 2.75) is 45.2 Å². The first-order valence-electron chi connectivity index (χ1n) is 10.2. The van der Waals surface area contributed by atoms with Crippen LogP contribution in [-0.4, -0.2) is 34.0 Å². The Hall–Kier alpha value is -3.15. The summed E-state index contributed by atoms with van der Waals surface area (Å²) in [6, 6.07) is 15.8. The fourth-order valence-electron chi connectivity index (χ4n) is 3.51. The number of carbonyl (C=O) groups is 2. The minimum atomic E-state index is -0.0552. The van der Waals surface area contributed by atoms with Gasteiger partial charge in [-0.2, -0.15) is 0 Å². The molecule has 1 heterocycles. The summed E-state index contributed by atoms with van der Waals surface area (Å²) in [4.78, 5) is 29.4. The Morgan fingerprint density at radius 1 is 1.10 bits per heavy atom. The predicted octanol–water partition coefficient (Wildman–Crippen LogP) is 2.99. The number of imidazole rings is 1. The fourth-order valence-corrected chi connectivity index (χ4v) is 3.51. The second kappa shape index (κ2) is 8.47. The molecule has 6 heteroatoms. The highest BCUT2D eigenvalue weighted by molar-refractivity contribution is 5.95. The van der Waals surface area contributed by atoms with E-state index in [1.807, 2.05) is 60.0 Å². The number of para-hydroxylation sites is 2. The molecule has 1 fully saturated rings. The van der Waals surface area contributed by atoms with Gasteiger partial charge in [-0.15, -0.1) is 0 Å². The number of aromatic nitrogens is 2. The molecule has 0 atom stereocenters. The van der Waals surface area contributed by atoms with Crippen LogP contribution in [-0.2, 0) is 17.8 Å². The van der Waals surface area contributed by atoms with Crippen LogP contribution in [0.3, 0.4) is 0 Å². The summed E-state index contributed by atoms with van der Waals surface area (Å²) in [5, 5.41) is 6.03. The number of aryl methyl sites for hydroxylation is 2. The van der Waals surface area contributed by atoms with Gasteiger partial charge in [0.1, 0.15) is 12.4 Å². The van der Waals surface area contributed by atoms with Crippen LogP contribution in [0.2, 0.25) is 0 Å². The van der Waals surface area contributed by atoms with E-state index >= 15 is 0 Å². The zero-order valence-electron chi connectivity index (χ0n) is 16.6. The van der Waals surface area contributed by atoms with Crippen molar-refractivity contribution in [1.29, 1.82) is 0 Å². The van der Waals surface area contributed by atoms with Crippen molar-refractivity contribution in [2.75, 3.05) is 6.54 Å². The summed E-state index contributed by atoms with van der Waals surface area (Å²) >= 11 is 0. The molecular formula is C23H26N4O2. The van der Waals surface area contributed by atoms with Crippen molar-refractivity contribution >= 4 is 22.8 Å². The maximum atomic E-state index is 12.4. The molecule has 4 rings (SSSR count). The molecule has 0 spiro atoms. The Kier molecular flexibility index (Phi) is 5.60. The third kappa shape index (κ3) is 4.65. The highest BCUT2D eigenvalue weighted by Crippen LogP contribution is 2.20. The highest BCUT2D eigenvalue weighted by Gasteiger charge is 2.24. The van der Waals surface area contributed by atoms with Crippen LogP contribution in [0.4, 0.5) is 0 Å². The molecule has 2 amide bonds. The number of benzene rings is 2. The number of nitrogens with zero attached hydrogens (tertiary/aromatic N) is 2. The average Bonchev–Trinajstić information content (AvgIpc) is 3.46. The molecule has 0 radical (unpaired) electrons. The Balaban J connectivity index is 1.39. The number of rotatable bonds is 8. The van der Waals surface area contributed by atoms with Crippen molar-refractivity contribution in [1.82, 2.24) is 20.2 Å². The molecule has 150 valence electrons. The van der Waals surface area contributed by atoms with Gasteiger partial charge in [0.05, 0.1) is 11.0 Å². The summed E-state index contributed by atoms with van der Waals surface area (Å²) in [7, 11) is 0. The van der Waals surface area contributed by atoms with Crippen molar-refractivity contribution in [3.05, 3.63) is 65.5 Å². The van der Waals surface area contributed by atoms with Gasteiger partial charge < -0.3 is 15.2 Å². The number of nitrogens with one attached hydrogen (secondary N) is 2. The molecular weight excluding hydrogens is 364 g/mol. The van der Waals surface area contributed by atoms with Crippen LogP contribution >= 0.6 is 0 Å². The number of fused-ring (bicyclic) bond motifs is 1. The van der Waals surface area contributed by atoms with E-state index in [4.69, 9.17) is 4.98 Å². The quantitative estimate of drug-likeness (QED) is 0.581. The Morgan fingerprint density at radius 2 is 1.86 bits per heavy atom. The minimum Gasteiger partial charge on any atom is -0.352 e. The van der Waals surface area contributed by atoms with Crippen LogP contribution in [0.15, 0.2) is 48.5 Å². The van der Waals surface area contributed by atoms with Crippen LogP contribution in [0.5, 0.6) is 0 Å². The maximum absolute atomic E-state index is 12.4. The zero-order chi connectivity index (χ0) is 20.2. The van der Waals surface area contributed by atoms with Gasteiger partial charge in [-0.25, -0.2) is 4.98 Å². The number of hydrogen-bond donors (Lipinski definition) is 2. The van der Waals surface area contributed by atoms with Gasteiger partial charge in [0.15, 0.2) is 0 Å². The Labute approximate surface area is 170 Å². The highest BCUT2D eigenvalue weighted by atomic mass is 16.2. The monoisotopic (exact) mass is 390 g/mol. The lowest BCUT2D eigenvalue weighted by molar-refractivity contribution is -0.121. The van der Waals surface area contributed by atoms with Crippen molar-refractivity contribution in [2.24, 2.45) is 0 Å². The summed E-state index contributed by atoms with van der Waals surface area (Å²) in [5.74, 6) is 0.854. The third-order valence-electron chi connectivity index (χ3n) is 5.23. The third-order valence-corrected chi connectivity index (χ3v) is 5.23. The van der Waals surface area contributed by atoms with Crippen molar-refractivity contribution in [3.63, 3.8) is 0 Å². The van der Waals surface area contributed by atoms with Gasteiger partial charge >= 0.3 is 0 Å². The molecule has 0 unspecified atom stereocenters. The second-order valence-electron chi connectivity index (χ2n) is 7.62. The Morgan fingerprint density at radius 3 is 2.66 bits per heavy atom. The first-order valence-corrected chi connectivity index (χ1v) is 10.2. The zero-order valence-corrected chi connectivity index (χ0v) is 16.6. The van der Waals surface area contributed by atoms with Crippen LogP contribution in [0.25, 0.3) is 11.0 Å². The van der Waals surface area contributed by atoms with E-state index < -0.39 is 0 Å². The average molecular weight is 390 g/mol. The standard InChI is InChI=1S/C23H26N4O2/c1-16-7-2-3-8-18(16)23(29)24-14-6-11-21-26-19-9-4-5-10-20(19)27(21)15-22(28)25-17-12-13-17/h2-5,7-10,17H,6,11-15H2,1H3,(H,24,29)(H,25,28). The van der Waals surface area contributed by atoms with Gasteiger partial charge in [0, 0.05) is 24.6 Å². The smallest absolute Gasteiger partial charge is 0.251 e. The molecule has 1 aliphatic carbocycles. The van der Waals surface area contributed by atoms with Crippen molar-refractivity contribution in [3.8, 4) is 0 Å². The Bertz CT molecular complexity index is 1040. The molecule has 1 saturated carbocycles. The molecule has 2 N–H and O–H groups in total. The topological polar surface area (TPSA) is 76.0 Å². The molecule has 29 heavy (non-hydrogen) atoms. The number of amides is 2. The number of hydrogen-bond acceptors (Lipinski definition) is 3. The summed E-state index contributed by atoms with van der Waals surface area (Å²) in [6.45, 7) is 2.77. The molecule has 1 aromatic heterocycles. The van der Waals surface area contributed by atoms with Crippen LogP contribution < -0.4 is 10.6 Å². The van der Waals surface area contributed by atoms with Crippen LogP contribution in [0.1, 0.15) is 41.0 Å². The molecule has 0 saturated heterocycles. The number of carbonyl (C=O) groups excluding carboxylic acids is 2. The van der Waals surface area contributed by atoms with Gasteiger partial charge in [0.2, 0.25) is 5.91 Å². The minimum absolute atomic E-state index is 0.0322. The van der Waals surface area contributed by atoms with Crippen LogP contribution in [0, 0.1) is 6.92 Å². The van der Waals surface area contributed by atoms with Gasteiger partial charge in [-0.05, 0) is 49.9 Å². The molecule has 0 bridgehead atoms. The first kappa shape index (κ1) is 19.2. The van der Waals surface area contributed by atoms with E-state index in [2.05, 4.69) is 10.6 Å². The van der Waals surface area contributed by atoms with Gasteiger partial charge in [-0.3, -0.25) is 9.59 Å². The lowest BCUT2D eigenvalue weighted by Gasteiger charge is -2.10. The lowest BCUT2D eigenvalue weighted by atomic mass is 10.1. The van der Waals surface area contributed by atoms with Crippen molar-refractivity contribution < 1.29 is 9.59 Å². The van der Waals surface area contributed by atoms with E-state index in [1.54, 1.807) is 0 Å². The summed E-state index contributed by atoms with van der Waals surface area (Å²) in [5.41, 5.74) is 3.54. The van der Waals surface area contributed by atoms with E-state index in [9.17, 15) is 9.59 Å². The van der Waals surface area contributed by atoms with E-state index in [-0.39, 0.29) is 18.4 Å². The molecule has 2 aromatic carbocycles. The predicted molar refractivity (Wildman–Crippen MR) is 113 cm³/mol. The summed E-state index contributed by atoms with van der Waals surface area (Å²) < 4.78 is 2.00. The molecule has 0 aliphatic heterocycles. The normalized spacial score (nSPS) is 13.4. The van der Waals surface area contributed by atoms with E-state index in [0.717, 1.165) is 41.7 Å². The molecule has 3 aromatic rings. The lowest BCUT2D eigenvalue weighted by Crippen LogP contribution is -2.30. The van der Waals surface area contributed by atoms with Gasteiger partial charge in [-0.1, -0.05) is 30.3 Å². The van der Waals surface area contributed by atoms with E-state index in [0.29, 0.717) is 24.6 Å². The largest absolute Gasteiger partial charge is 0.352 e. The fraction of sp³-hybridized carbons (Fsp3) is 0.348. The van der Waals surface area contributed by atoms with E-state index in [1.165, 1.54) is 0 Å². The molecule has 6 nitrogen and oxygen atoms in total. The SMILES string of the molecule is Cc1ccccc1C(=O)NCCCc1nc2ccccc2n1CC(=O)NC1CC1. The maximum Gasteiger partial charge on any atom is 0.251 e. The summed E-state index contributed by atoms with van der Waals surface area (Å²) in [6.07, 6.45) is 3.60. The van der Waals surface area contributed by atoms with Gasteiger partial charge in [0.25, 0.3) is 5.91 Å².